The Bertz CT molecular complexity index is 563. The van der Waals surface area contributed by atoms with Gasteiger partial charge in [0.1, 0.15) is 5.16 Å². The van der Waals surface area contributed by atoms with Gasteiger partial charge in [0.15, 0.2) is 5.78 Å². The van der Waals surface area contributed by atoms with Gasteiger partial charge < -0.3 is 9.79 Å². The molecule has 5 heteroatoms. The van der Waals surface area contributed by atoms with Crippen LogP contribution in [0.1, 0.15) is 48.5 Å². The van der Waals surface area contributed by atoms with Crippen molar-refractivity contribution < 1.29 is 19.1 Å². The van der Waals surface area contributed by atoms with Crippen molar-refractivity contribution in [3.8, 4) is 0 Å². The van der Waals surface area contributed by atoms with Crippen molar-refractivity contribution in [3.05, 3.63) is 35.4 Å². The van der Waals surface area contributed by atoms with E-state index in [0.29, 0.717) is 18.4 Å². The smallest absolute Gasteiger partial charge is 0.324 e. The van der Waals surface area contributed by atoms with E-state index in [0.717, 1.165) is 12.0 Å². The van der Waals surface area contributed by atoms with Crippen LogP contribution in [-0.4, -0.2) is 20.7 Å². The van der Waals surface area contributed by atoms with Crippen molar-refractivity contribution >= 4 is 13.4 Å². The molecule has 2 N–H and O–H groups in total. The summed E-state index contributed by atoms with van der Waals surface area (Å²) in [5.41, 5.74) is 1.20. The average molecular weight is 296 g/mol. The minimum absolute atomic E-state index is 0.269. The zero-order valence-electron chi connectivity index (χ0n) is 11.9. The predicted molar refractivity (Wildman–Crippen MR) is 77.9 cm³/mol. The van der Waals surface area contributed by atoms with Crippen LogP contribution in [0.2, 0.25) is 0 Å². The third-order valence-electron chi connectivity index (χ3n) is 4.56. The largest absolute Gasteiger partial charge is 0.339 e. The predicted octanol–water partition coefficient (Wildman–Crippen LogP) is 3.30. The zero-order chi connectivity index (χ0) is 15.0. The molecule has 1 aromatic rings. The van der Waals surface area contributed by atoms with Crippen LogP contribution in [0.5, 0.6) is 0 Å². The molecule has 0 saturated heterocycles. The standard InChI is InChI=1S/C15H21O4P/c1-11-7-3-4-9-13(11)14(16)15(20(17,18)19)10-6-5-8-12(15)2/h3-4,7,9,12H,5-6,8,10H2,1-2H3,(H2,17,18,19). The van der Waals surface area contributed by atoms with Gasteiger partial charge in [-0.15, -0.1) is 0 Å². The van der Waals surface area contributed by atoms with Crippen molar-refractivity contribution in [1.29, 1.82) is 0 Å². The first kappa shape index (κ1) is 15.4. The van der Waals surface area contributed by atoms with Crippen molar-refractivity contribution in [2.75, 3.05) is 0 Å². The lowest BCUT2D eigenvalue weighted by molar-refractivity contribution is 0.0838. The molecular weight excluding hydrogens is 275 g/mol. The van der Waals surface area contributed by atoms with Gasteiger partial charge in [-0.3, -0.25) is 9.36 Å². The number of ketones is 1. The second kappa shape index (κ2) is 5.44. The number of carbonyl (C=O) groups excluding carboxylic acids is 1. The van der Waals surface area contributed by atoms with Gasteiger partial charge in [0, 0.05) is 5.56 Å². The highest BCUT2D eigenvalue weighted by Crippen LogP contribution is 2.61. The SMILES string of the molecule is Cc1ccccc1C(=O)C1(P(=O)(O)O)CCCCC1C. The molecule has 0 spiro atoms. The lowest BCUT2D eigenvalue weighted by atomic mass is 9.75. The molecule has 2 rings (SSSR count). The van der Waals surface area contributed by atoms with Crippen molar-refractivity contribution in [1.82, 2.24) is 0 Å². The number of hydrogen-bond donors (Lipinski definition) is 2. The molecule has 4 nitrogen and oxygen atoms in total. The molecule has 1 saturated carbocycles. The third kappa shape index (κ3) is 2.37. The van der Waals surface area contributed by atoms with E-state index in [1.807, 2.05) is 6.07 Å². The Labute approximate surface area is 119 Å². The first-order valence-electron chi connectivity index (χ1n) is 6.97. The Morgan fingerprint density at radius 1 is 1.30 bits per heavy atom. The number of rotatable bonds is 3. The molecule has 2 atom stereocenters. The summed E-state index contributed by atoms with van der Waals surface area (Å²) in [4.78, 5) is 32.7. The van der Waals surface area contributed by atoms with E-state index in [2.05, 4.69) is 0 Å². The summed E-state index contributed by atoms with van der Waals surface area (Å²) in [6.07, 6.45) is 2.56. The maximum absolute atomic E-state index is 12.9. The highest BCUT2D eigenvalue weighted by molar-refractivity contribution is 7.55. The van der Waals surface area contributed by atoms with E-state index >= 15 is 0 Å². The molecular formula is C15H21O4P. The molecule has 20 heavy (non-hydrogen) atoms. The summed E-state index contributed by atoms with van der Waals surface area (Å²) < 4.78 is 12.1. The molecule has 0 aliphatic heterocycles. The molecule has 0 aromatic heterocycles. The Morgan fingerprint density at radius 2 is 1.95 bits per heavy atom. The first-order valence-corrected chi connectivity index (χ1v) is 8.58. The third-order valence-corrected chi connectivity index (χ3v) is 6.47. The second-order valence-corrected chi connectivity index (χ2v) is 7.65. The molecule has 1 aromatic carbocycles. The summed E-state index contributed by atoms with van der Waals surface area (Å²) in [6, 6.07) is 7.02. The number of benzene rings is 1. The maximum Gasteiger partial charge on any atom is 0.339 e. The Morgan fingerprint density at radius 3 is 2.50 bits per heavy atom. The van der Waals surface area contributed by atoms with E-state index in [-0.39, 0.29) is 12.3 Å². The van der Waals surface area contributed by atoms with Gasteiger partial charge in [0.2, 0.25) is 0 Å². The molecule has 1 fully saturated rings. The summed E-state index contributed by atoms with van der Waals surface area (Å²) >= 11 is 0. The zero-order valence-corrected chi connectivity index (χ0v) is 12.8. The number of Topliss-reactive ketones (excluding diaryl/α,β-unsaturated/α-hetero) is 1. The molecule has 2 unspecified atom stereocenters. The summed E-state index contributed by atoms with van der Waals surface area (Å²) in [7, 11) is -4.52. The van der Waals surface area contributed by atoms with Crippen LogP contribution in [-0.2, 0) is 4.57 Å². The van der Waals surface area contributed by atoms with E-state index in [1.165, 1.54) is 0 Å². The highest BCUT2D eigenvalue weighted by atomic mass is 31.2. The van der Waals surface area contributed by atoms with Crippen LogP contribution in [0.25, 0.3) is 0 Å². The summed E-state index contributed by atoms with van der Waals surface area (Å²) in [5.74, 6) is -0.694. The molecule has 0 heterocycles. The number of carbonyl (C=O) groups is 1. The van der Waals surface area contributed by atoms with Crippen molar-refractivity contribution in [2.24, 2.45) is 5.92 Å². The van der Waals surface area contributed by atoms with Gasteiger partial charge in [-0.05, 0) is 31.2 Å². The Kier molecular flexibility index (Phi) is 4.19. The van der Waals surface area contributed by atoms with Crippen LogP contribution in [0.15, 0.2) is 24.3 Å². The van der Waals surface area contributed by atoms with E-state index < -0.39 is 18.5 Å². The van der Waals surface area contributed by atoms with Crippen LogP contribution in [0.4, 0.5) is 0 Å². The minimum atomic E-state index is -4.52. The van der Waals surface area contributed by atoms with Crippen LogP contribution >= 0.6 is 7.60 Å². The molecule has 110 valence electrons. The molecule has 0 radical (unpaired) electrons. The van der Waals surface area contributed by atoms with Gasteiger partial charge >= 0.3 is 7.60 Å². The van der Waals surface area contributed by atoms with Gasteiger partial charge in [-0.25, -0.2) is 0 Å². The van der Waals surface area contributed by atoms with E-state index in [4.69, 9.17) is 0 Å². The lowest BCUT2D eigenvalue weighted by Crippen LogP contribution is -2.46. The van der Waals surface area contributed by atoms with E-state index in [1.54, 1.807) is 32.0 Å². The van der Waals surface area contributed by atoms with Crippen LogP contribution in [0.3, 0.4) is 0 Å². The fourth-order valence-corrected chi connectivity index (χ4v) is 4.83. The minimum Gasteiger partial charge on any atom is -0.324 e. The quantitative estimate of drug-likeness (QED) is 0.663. The van der Waals surface area contributed by atoms with Gasteiger partial charge in [0.05, 0.1) is 0 Å². The monoisotopic (exact) mass is 296 g/mol. The van der Waals surface area contributed by atoms with E-state index in [9.17, 15) is 19.1 Å². The number of aryl methyl sites for hydroxylation is 1. The number of hydrogen-bond acceptors (Lipinski definition) is 2. The van der Waals surface area contributed by atoms with Crippen molar-refractivity contribution in [3.63, 3.8) is 0 Å². The van der Waals surface area contributed by atoms with Crippen LogP contribution in [0, 0.1) is 12.8 Å². The average Bonchev–Trinajstić information content (AvgIpc) is 2.38. The Hall–Kier alpha value is -0.960. The maximum atomic E-state index is 12.9. The van der Waals surface area contributed by atoms with Gasteiger partial charge in [-0.1, -0.05) is 44.0 Å². The molecule has 1 aliphatic carbocycles. The van der Waals surface area contributed by atoms with Crippen molar-refractivity contribution in [2.45, 2.75) is 44.7 Å². The molecule has 1 aliphatic rings. The normalized spacial score (nSPS) is 27.3. The summed E-state index contributed by atoms with van der Waals surface area (Å²) in [6.45, 7) is 3.59. The highest BCUT2D eigenvalue weighted by Gasteiger charge is 2.57. The van der Waals surface area contributed by atoms with Crippen LogP contribution < -0.4 is 0 Å². The van der Waals surface area contributed by atoms with Gasteiger partial charge in [0.25, 0.3) is 0 Å². The fourth-order valence-electron chi connectivity index (χ4n) is 3.29. The molecule has 0 bridgehead atoms. The Balaban J connectivity index is 2.56. The van der Waals surface area contributed by atoms with Gasteiger partial charge in [-0.2, -0.15) is 0 Å². The fraction of sp³-hybridized carbons (Fsp3) is 0.533. The summed E-state index contributed by atoms with van der Waals surface area (Å²) in [5, 5.41) is -1.54. The topological polar surface area (TPSA) is 74.6 Å². The molecule has 0 amide bonds. The lowest BCUT2D eigenvalue weighted by Gasteiger charge is -2.41. The first-order chi connectivity index (χ1) is 9.30. The second-order valence-electron chi connectivity index (χ2n) is 5.76.